The van der Waals surface area contributed by atoms with E-state index in [0.717, 1.165) is 24.0 Å². The van der Waals surface area contributed by atoms with Crippen molar-refractivity contribution in [1.29, 1.82) is 0 Å². The Morgan fingerprint density at radius 1 is 1.24 bits per heavy atom. The van der Waals surface area contributed by atoms with E-state index in [4.69, 9.17) is 0 Å². The van der Waals surface area contributed by atoms with Gasteiger partial charge in [-0.05, 0) is 36.3 Å². The maximum atomic E-state index is 12.6. The van der Waals surface area contributed by atoms with Gasteiger partial charge in [-0.15, -0.1) is 0 Å². The summed E-state index contributed by atoms with van der Waals surface area (Å²) in [5.74, 6) is 0. The molecule has 0 N–H and O–H groups in total. The number of halogens is 2. The molecule has 1 heterocycles. The predicted molar refractivity (Wildman–Crippen MR) is 102 cm³/mol. The van der Waals surface area contributed by atoms with Gasteiger partial charge in [-0.1, -0.05) is 65.2 Å². The van der Waals surface area contributed by atoms with Crippen LogP contribution >= 0.6 is 0 Å². The number of hydrogen-bond acceptors (Lipinski definition) is 1. The number of alkyl halides is 2. The summed E-state index contributed by atoms with van der Waals surface area (Å²) in [6.45, 7) is 20.6. The Morgan fingerprint density at radius 3 is 2.24 bits per heavy atom. The third-order valence-corrected chi connectivity index (χ3v) is 4.53. The molecular formula is C21H30F2N2. The van der Waals surface area contributed by atoms with Crippen molar-refractivity contribution >= 4 is 5.57 Å². The first kappa shape index (κ1) is 21.1. The van der Waals surface area contributed by atoms with Gasteiger partial charge in [0.1, 0.15) is 0 Å². The van der Waals surface area contributed by atoms with Crippen LogP contribution in [0.3, 0.4) is 0 Å². The number of allylic oxidation sites excluding steroid dienone is 5. The van der Waals surface area contributed by atoms with E-state index in [1.165, 1.54) is 12.4 Å². The van der Waals surface area contributed by atoms with Crippen LogP contribution in [0.4, 0.5) is 8.78 Å². The summed E-state index contributed by atoms with van der Waals surface area (Å²) in [5, 5.41) is 3.64. The van der Waals surface area contributed by atoms with E-state index in [2.05, 4.69) is 52.5 Å². The van der Waals surface area contributed by atoms with E-state index in [1.54, 1.807) is 0 Å². The van der Waals surface area contributed by atoms with Gasteiger partial charge in [0.25, 0.3) is 0 Å². The van der Waals surface area contributed by atoms with Gasteiger partial charge in [0, 0.05) is 17.2 Å². The van der Waals surface area contributed by atoms with Crippen LogP contribution in [0.5, 0.6) is 0 Å². The molecule has 2 nitrogen and oxygen atoms in total. The summed E-state index contributed by atoms with van der Waals surface area (Å²) < 4.78 is 25.9. The van der Waals surface area contributed by atoms with Crippen molar-refractivity contribution in [2.45, 2.75) is 54.0 Å². The Labute approximate surface area is 150 Å². The van der Waals surface area contributed by atoms with E-state index in [9.17, 15) is 8.78 Å². The number of rotatable bonds is 8. The number of nitrogens with zero attached hydrogens (tertiary/aromatic N) is 2. The first-order valence-corrected chi connectivity index (χ1v) is 8.48. The molecule has 25 heavy (non-hydrogen) atoms. The van der Waals surface area contributed by atoms with E-state index < -0.39 is 6.55 Å². The van der Waals surface area contributed by atoms with Crippen LogP contribution in [0.15, 0.2) is 55.4 Å². The topological polar surface area (TPSA) is 17.8 Å². The number of aromatic nitrogens is 2. The second-order valence-corrected chi connectivity index (χ2v) is 7.82. The molecule has 1 aromatic heterocycles. The number of hydrogen-bond donors (Lipinski definition) is 0. The Hall–Kier alpha value is -1.97. The molecule has 0 spiro atoms. The summed E-state index contributed by atoms with van der Waals surface area (Å²) >= 11 is 0. The third-order valence-electron chi connectivity index (χ3n) is 4.53. The maximum Gasteiger partial charge on any atom is 0.333 e. The Bertz CT molecular complexity index is 674. The molecule has 0 saturated carbocycles. The predicted octanol–water partition coefficient (Wildman–Crippen LogP) is 6.81. The van der Waals surface area contributed by atoms with Crippen molar-refractivity contribution in [3.63, 3.8) is 0 Å². The highest BCUT2D eigenvalue weighted by Gasteiger charge is 2.35. The first-order valence-electron chi connectivity index (χ1n) is 8.48. The average Bonchev–Trinajstić information content (AvgIpc) is 2.98. The van der Waals surface area contributed by atoms with Crippen molar-refractivity contribution in [2.24, 2.45) is 10.8 Å². The molecule has 1 aromatic rings. The van der Waals surface area contributed by atoms with Gasteiger partial charge in [-0.3, -0.25) is 0 Å². The molecule has 0 bridgehead atoms. The van der Waals surface area contributed by atoms with Gasteiger partial charge < -0.3 is 0 Å². The molecule has 0 radical (unpaired) electrons. The van der Waals surface area contributed by atoms with Crippen LogP contribution in [0.1, 0.15) is 59.6 Å². The maximum absolute atomic E-state index is 12.6. The van der Waals surface area contributed by atoms with Gasteiger partial charge in [-0.2, -0.15) is 13.9 Å². The van der Waals surface area contributed by atoms with Crippen molar-refractivity contribution in [1.82, 2.24) is 9.78 Å². The van der Waals surface area contributed by atoms with Crippen LogP contribution < -0.4 is 0 Å². The normalized spacial score (nSPS) is 14.7. The van der Waals surface area contributed by atoms with Crippen LogP contribution in [0, 0.1) is 10.8 Å². The molecule has 0 saturated heterocycles. The second-order valence-electron chi connectivity index (χ2n) is 7.82. The van der Waals surface area contributed by atoms with Crippen molar-refractivity contribution in [3.8, 4) is 0 Å². The molecule has 0 fully saturated rings. The van der Waals surface area contributed by atoms with Crippen LogP contribution in [0.25, 0.3) is 5.57 Å². The van der Waals surface area contributed by atoms with Gasteiger partial charge in [0.15, 0.2) is 0 Å². The zero-order valence-corrected chi connectivity index (χ0v) is 16.1. The molecular weight excluding hydrogens is 318 g/mol. The zero-order valence-electron chi connectivity index (χ0n) is 16.1. The lowest BCUT2D eigenvalue weighted by Gasteiger charge is -2.40. The summed E-state index contributed by atoms with van der Waals surface area (Å²) in [4.78, 5) is 0. The largest absolute Gasteiger partial charge is 0.333 e. The minimum atomic E-state index is -2.65. The third kappa shape index (κ3) is 5.25. The quantitative estimate of drug-likeness (QED) is 0.372. The van der Waals surface area contributed by atoms with E-state index in [1.807, 2.05) is 19.1 Å². The molecule has 138 valence electrons. The molecule has 0 aliphatic carbocycles. The summed E-state index contributed by atoms with van der Waals surface area (Å²) in [6.07, 6.45) is 8.25. The molecule has 1 atom stereocenters. The molecule has 0 aromatic carbocycles. The SMILES string of the molecule is C=C(/C=C\C(=C)[C@](CC)(CC(C)(C)C)C(=C)C)c1cnn(C(F)F)c1. The lowest BCUT2D eigenvalue weighted by atomic mass is 9.64. The highest BCUT2D eigenvalue weighted by Crippen LogP contribution is 2.47. The molecule has 4 heteroatoms. The van der Waals surface area contributed by atoms with Crippen molar-refractivity contribution in [3.05, 3.63) is 61.0 Å². The smallest absolute Gasteiger partial charge is 0.211 e. The Kier molecular flexibility index (Phi) is 6.69. The van der Waals surface area contributed by atoms with E-state index >= 15 is 0 Å². The molecule has 0 amide bonds. The highest BCUT2D eigenvalue weighted by molar-refractivity contribution is 5.71. The summed E-state index contributed by atoms with van der Waals surface area (Å²) in [5.41, 5.74) is 3.16. The highest BCUT2D eigenvalue weighted by atomic mass is 19.3. The molecule has 0 aliphatic rings. The Morgan fingerprint density at radius 2 is 1.84 bits per heavy atom. The standard InChI is InChI=1S/C21H30F2N2/c1-9-21(15(2)3,14-20(6,7)8)17(5)11-10-16(4)18-12-24-25(13-18)19(22)23/h10-13,19H,2,4-5,9,14H2,1,3,6-8H3/b11-10-/t21-/m1/s1. The van der Waals surface area contributed by atoms with Crippen molar-refractivity contribution in [2.75, 3.05) is 0 Å². The first-order chi connectivity index (χ1) is 11.4. The average molecular weight is 348 g/mol. The van der Waals surface area contributed by atoms with Gasteiger partial charge in [0.2, 0.25) is 0 Å². The summed E-state index contributed by atoms with van der Waals surface area (Å²) in [6, 6.07) is 0. The lowest BCUT2D eigenvalue weighted by Crippen LogP contribution is -2.28. The second kappa shape index (κ2) is 7.94. The van der Waals surface area contributed by atoms with E-state index in [0.29, 0.717) is 15.8 Å². The fourth-order valence-corrected chi connectivity index (χ4v) is 3.17. The van der Waals surface area contributed by atoms with Gasteiger partial charge in [-0.25, -0.2) is 4.68 Å². The van der Waals surface area contributed by atoms with E-state index in [-0.39, 0.29) is 10.8 Å². The van der Waals surface area contributed by atoms with Crippen LogP contribution in [-0.4, -0.2) is 9.78 Å². The lowest BCUT2D eigenvalue weighted by molar-refractivity contribution is 0.0566. The minimum Gasteiger partial charge on any atom is -0.211 e. The zero-order chi connectivity index (χ0) is 19.4. The molecule has 1 rings (SSSR count). The molecule has 0 aliphatic heterocycles. The van der Waals surface area contributed by atoms with Crippen LogP contribution in [-0.2, 0) is 0 Å². The minimum absolute atomic E-state index is 0.126. The van der Waals surface area contributed by atoms with Gasteiger partial charge in [0.05, 0.1) is 6.20 Å². The van der Waals surface area contributed by atoms with Crippen LogP contribution in [0.2, 0.25) is 0 Å². The Balaban J connectivity index is 3.04. The van der Waals surface area contributed by atoms with Crippen molar-refractivity contribution < 1.29 is 8.78 Å². The monoisotopic (exact) mass is 348 g/mol. The molecule has 0 unspecified atom stereocenters. The summed E-state index contributed by atoms with van der Waals surface area (Å²) in [7, 11) is 0. The fraction of sp³-hybridized carbons (Fsp3) is 0.476. The van der Waals surface area contributed by atoms with Gasteiger partial charge >= 0.3 is 6.55 Å². The fourth-order valence-electron chi connectivity index (χ4n) is 3.17.